The number of nitrogens with one attached hydrogen (secondary N) is 1. The number of hydrogen-bond acceptors (Lipinski definition) is 3. The smallest absolute Gasteiger partial charge is 0.380 e. The summed E-state index contributed by atoms with van der Waals surface area (Å²) in [4.78, 5) is 0. The summed E-state index contributed by atoms with van der Waals surface area (Å²) in [6, 6.07) is 11.0. The van der Waals surface area contributed by atoms with Crippen molar-refractivity contribution in [3.05, 3.63) is 70.8 Å². The Bertz CT molecular complexity index is 857. The molecule has 3 nitrogen and oxygen atoms in total. The monoisotopic (exact) mass is 461 g/mol. The minimum absolute atomic E-state index is 0.0158. The quantitative estimate of drug-likeness (QED) is 0.528. The second kappa shape index (κ2) is 9.41. The molecule has 1 fully saturated rings. The highest BCUT2D eigenvalue weighted by Gasteiger charge is 2.39. The van der Waals surface area contributed by atoms with Gasteiger partial charge in [0.1, 0.15) is 0 Å². The molecule has 176 valence electrons. The fraction of sp³-hybridized carbons (Fsp3) is 0.478. The maximum atomic E-state index is 13.2. The number of ether oxygens (including phenoxy) is 2. The third-order valence-electron chi connectivity index (χ3n) is 5.88. The van der Waals surface area contributed by atoms with Crippen molar-refractivity contribution in [2.45, 2.75) is 49.9 Å². The number of alkyl halides is 6. The first-order valence-corrected chi connectivity index (χ1v) is 10.2. The first-order chi connectivity index (χ1) is 14.9. The van der Waals surface area contributed by atoms with Crippen molar-refractivity contribution < 1.29 is 35.8 Å². The van der Waals surface area contributed by atoms with Crippen LogP contribution in [0, 0.1) is 0 Å². The number of piperidine rings is 1. The molecule has 0 amide bonds. The average Bonchev–Trinajstić information content (AvgIpc) is 2.77. The average molecular weight is 461 g/mol. The summed E-state index contributed by atoms with van der Waals surface area (Å²) in [6.45, 7) is 2.08. The highest BCUT2D eigenvalue weighted by molar-refractivity contribution is 5.35. The number of hydrogen-bond donors (Lipinski definition) is 1. The standard InChI is InChI=1S/C23H25F6NO2/c1-15(16-10-18(22(24,25)26)12-19(11-16)23(27,28)29)32-14-21(17-6-4-3-5-7-17)9-8-20(31-2)13-30-21/h3-7,10-12,15,20,30H,8-9,13-14H2,1-2H3/t15?,20?,21-/m1/s1. The molecule has 1 N–H and O–H groups in total. The third kappa shape index (κ3) is 5.63. The molecule has 0 bridgehead atoms. The van der Waals surface area contributed by atoms with Gasteiger partial charge in [0.05, 0.1) is 35.5 Å². The Balaban J connectivity index is 1.86. The molecule has 2 aromatic carbocycles. The fourth-order valence-corrected chi connectivity index (χ4v) is 3.90. The van der Waals surface area contributed by atoms with Crippen LogP contribution < -0.4 is 5.32 Å². The van der Waals surface area contributed by atoms with Gasteiger partial charge in [0.25, 0.3) is 0 Å². The Hall–Kier alpha value is -2.10. The number of halogens is 6. The highest BCUT2D eigenvalue weighted by atomic mass is 19.4. The normalized spacial score (nSPS) is 23.2. The van der Waals surface area contributed by atoms with Crippen LogP contribution in [0.15, 0.2) is 48.5 Å². The molecule has 9 heteroatoms. The van der Waals surface area contributed by atoms with Crippen molar-refractivity contribution >= 4 is 0 Å². The molecule has 1 saturated heterocycles. The van der Waals surface area contributed by atoms with Gasteiger partial charge in [-0.15, -0.1) is 0 Å². The highest BCUT2D eigenvalue weighted by Crippen LogP contribution is 2.39. The second-order valence-corrected chi connectivity index (χ2v) is 8.02. The molecule has 3 atom stereocenters. The van der Waals surface area contributed by atoms with Crippen LogP contribution in [0.25, 0.3) is 0 Å². The van der Waals surface area contributed by atoms with E-state index in [9.17, 15) is 26.3 Å². The summed E-state index contributed by atoms with van der Waals surface area (Å²) in [5.41, 5.74) is -2.58. The molecule has 0 aliphatic carbocycles. The Kier molecular flexibility index (Phi) is 7.21. The van der Waals surface area contributed by atoms with Crippen LogP contribution in [-0.4, -0.2) is 26.4 Å². The molecule has 1 aliphatic rings. The molecular formula is C23H25F6NO2. The van der Waals surface area contributed by atoms with Crippen LogP contribution in [-0.2, 0) is 27.4 Å². The van der Waals surface area contributed by atoms with E-state index >= 15 is 0 Å². The third-order valence-corrected chi connectivity index (χ3v) is 5.88. The largest absolute Gasteiger partial charge is 0.416 e. The summed E-state index contributed by atoms with van der Waals surface area (Å²) in [5.74, 6) is 0. The van der Waals surface area contributed by atoms with Crippen molar-refractivity contribution in [1.82, 2.24) is 5.32 Å². The van der Waals surface area contributed by atoms with Gasteiger partial charge in [-0.05, 0) is 49.1 Å². The zero-order chi connectivity index (χ0) is 23.6. The van der Waals surface area contributed by atoms with Crippen molar-refractivity contribution in [2.75, 3.05) is 20.3 Å². The number of rotatable bonds is 6. The topological polar surface area (TPSA) is 30.5 Å². The van der Waals surface area contributed by atoms with Crippen LogP contribution in [0.2, 0.25) is 0 Å². The molecule has 1 heterocycles. The van der Waals surface area contributed by atoms with Crippen molar-refractivity contribution in [2.24, 2.45) is 0 Å². The van der Waals surface area contributed by atoms with Crippen molar-refractivity contribution in [3.63, 3.8) is 0 Å². The van der Waals surface area contributed by atoms with E-state index in [1.807, 2.05) is 30.3 Å². The van der Waals surface area contributed by atoms with Crippen LogP contribution in [0.5, 0.6) is 0 Å². The predicted molar refractivity (Wildman–Crippen MR) is 107 cm³/mol. The molecule has 3 rings (SSSR count). The molecule has 0 radical (unpaired) electrons. The van der Waals surface area contributed by atoms with E-state index in [1.165, 1.54) is 6.92 Å². The lowest BCUT2D eigenvalue weighted by molar-refractivity contribution is -0.143. The second-order valence-electron chi connectivity index (χ2n) is 8.02. The van der Waals surface area contributed by atoms with E-state index in [4.69, 9.17) is 9.47 Å². The van der Waals surface area contributed by atoms with Crippen LogP contribution in [0.3, 0.4) is 0 Å². The molecule has 1 aliphatic heterocycles. The fourth-order valence-electron chi connectivity index (χ4n) is 3.90. The van der Waals surface area contributed by atoms with Gasteiger partial charge < -0.3 is 14.8 Å². The minimum atomic E-state index is -4.90. The van der Waals surface area contributed by atoms with Crippen molar-refractivity contribution in [1.29, 1.82) is 0 Å². The van der Waals surface area contributed by atoms with Gasteiger partial charge in [-0.3, -0.25) is 0 Å². The Morgan fingerprint density at radius 2 is 1.59 bits per heavy atom. The SMILES string of the molecule is COC1CC[C@@](COC(C)c2cc(C(F)(F)F)cc(C(F)(F)F)c2)(c2ccccc2)NC1. The summed E-state index contributed by atoms with van der Waals surface area (Å²) in [5, 5.41) is 3.42. The minimum Gasteiger partial charge on any atom is -0.380 e. The van der Waals surface area contributed by atoms with Crippen LogP contribution >= 0.6 is 0 Å². The van der Waals surface area contributed by atoms with Gasteiger partial charge in [0, 0.05) is 13.7 Å². The number of benzene rings is 2. The Morgan fingerprint density at radius 3 is 2.06 bits per heavy atom. The van der Waals surface area contributed by atoms with Gasteiger partial charge in [0.15, 0.2) is 0 Å². The van der Waals surface area contributed by atoms with Gasteiger partial charge in [-0.25, -0.2) is 0 Å². The molecule has 0 saturated carbocycles. The molecule has 32 heavy (non-hydrogen) atoms. The lowest BCUT2D eigenvalue weighted by Crippen LogP contribution is -2.53. The van der Waals surface area contributed by atoms with E-state index < -0.39 is 35.1 Å². The van der Waals surface area contributed by atoms with Crippen molar-refractivity contribution in [3.8, 4) is 0 Å². The predicted octanol–water partition coefficient (Wildman–Crippen LogP) is 6.10. The van der Waals surface area contributed by atoms with Gasteiger partial charge in [0.2, 0.25) is 0 Å². The Morgan fingerprint density at radius 1 is 1.00 bits per heavy atom. The lowest BCUT2D eigenvalue weighted by atomic mass is 9.82. The number of methoxy groups -OCH3 is 1. The maximum absolute atomic E-state index is 13.2. The van der Waals surface area contributed by atoms with Crippen LogP contribution in [0.4, 0.5) is 26.3 Å². The van der Waals surface area contributed by atoms with E-state index in [0.717, 1.165) is 12.0 Å². The summed E-state index contributed by atoms with van der Waals surface area (Å²) >= 11 is 0. The molecule has 0 aromatic heterocycles. The zero-order valence-corrected chi connectivity index (χ0v) is 17.7. The van der Waals surface area contributed by atoms with Gasteiger partial charge >= 0.3 is 12.4 Å². The van der Waals surface area contributed by atoms with E-state index in [1.54, 1.807) is 7.11 Å². The lowest BCUT2D eigenvalue weighted by Gasteiger charge is -2.42. The van der Waals surface area contributed by atoms with E-state index in [-0.39, 0.29) is 24.3 Å². The van der Waals surface area contributed by atoms with Gasteiger partial charge in [-0.1, -0.05) is 30.3 Å². The zero-order valence-electron chi connectivity index (χ0n) is 17.7. The molecule has 0 spiro atoms. The first-order valence-electron chi connectivity index (χ1n) is 10.2. The van der Waals surface area contributed by atoms with Gasteiger partial charge in [-0.2, -0.15) is 26.3 Å². The van der Waals surface area contributed by atoms with E-state index in [2.05, 4.69) is 5.32 Å². The molecule has 2 aromatic rings. The molecular weight excluding hydrogens is 436 g/mol. The van der Waals surface area contributed by atoms with Crippen LogP contribution in [0.1, 0.15) is 48.1 Å². The molecule has 2 unspecified atom stereocenters. The Labute approximate surface area is 182 Å². The summed E-state index contributed by atoms with van der Waals surface area (Å²) in [7, 11) is 1.62. The van der Waals surface area contributed by atoms with E-state index in [0.29, 0.717) is 25.1 Å². The summed E-state index contributed by atoms with van der Waals surface area (Å²) in [6.07, 6.45) is -9.40. The first kappa shape index (κ1) is 24.5. The summed E-state index contributed by atoms with van der Waals surface area (Å²) < 4.78 is 90.5. The maximum Gasteiger partial charge on any atom is 0.416 e.